The molecular formula is C59H100O6. The van der Waals surface area contributed by atoms with E-state index < -0.39 is 6.10 Å². The molecule has 0 aliphatic carbocycles. The van der Waals surface area contributed by atoms with E-state index in [9.17, 15) is 14.4 Å². The van der Waals surface area contributed by atoms with Crippen LogP contribution >= 0.6 is 0 Å². The Kier molecular flexibility index (Phi) is 50.4. The van der Waals surface area contributed by atoms with E-state index in [0.29, 0.717) is 19.3 Å². The quantitative estimate of drug-likeness (QED) is 0.0262. The maximum absolute atomic E-state index is 12.8. The molecule has 1 unspecified atom stereocenters. The molecule has 1 atom stereocenters. The Morgan fingerprint density at radius 1 is 0.323 bits per heavy atom. The summed E-state index contributed by atoms with van der Waals surface area (Å²) < 4.78 is 16.8. The van der Waals surface area contributed by atoms with Gasteiger partial charge in [-0.3, -0.25) is 14.4 Å². The minimum Gasteiger partial charge on any atom is -0.462 e. The van der Waals surface area contributed by atoms with Crippen LogP contribution in [0, 0.1) is 0 Å². The Morgan fingerprint density at radius 3 is 1.05 bits per heavy atom. The molecule has 0 aromatic heterocycles. The first-order chi connectivity index (χ1) is 32.0. The van der Waals surface area contributed by atoms with Crippen molar-refractivity contribution in [2.75, 3.05) is 13.2 Å². The largest absolute Gasteiger partial charge is 0.462 e. The third kappa shape index (κ3) is 51.4. The van der Waals surface area contributed by atoms with Gasteiger partial charge in [-0.05, 0) is 89.9 Å². The lowest BCUT2D eigenvalue weighted by Crippen LogP contribution is -2.30. The van der Waals surface area contributed by atoms with Crippen molar-refractivity contribution in [1.82, 2.24) is 0 Å². The van der Waals surface area contributed by atoms with Gasteiger partial charge in [0.05, 0.1) is 0 Å². The molecule has 0 N–H and O–H groups in total. The third-order valence-electron chi connectivity index (χ3n) is 11.4. The minimum absolute atomic E-state index is 0.0937. The molecule has 0 saturated heterocycles. The Morgan fingerprint density at radius 2 is 0.631 bits per heavy atom. The SMILES string of the molecule is CC/C=C\C/C=C\C/C=C\C/C=C\C/C=C\C/C=C\CCCCC(=O)OCC(COC(=O)CCCCCCC/C=C\CCC)OC(=O)CCCCCCCCCCCCCCCCCC. The molecule has 0 spiro atoms. The fourth-order valence-electron chi connectivity index (χ4n) is 7.33. The minimum atomic E-state index is -0.795. The van der Waals surface area contributed by atoms with Crippen LogP contribution in [0.4, 0.5) is 0 Å². The summed E-state index contributed by atoms with van der Waals surface area (Å²) in [7, 11) is 0. The van der Waals surface area contributed by atoms with Crippen LogP contribution in [0.3, 0.4) is 0 Å². The molecule has 0 bridgehead atoms. The van der Waals surface area contributed by atoms with E-state index in [0.717, 1.165) is 116 Å². The van der Waals surface area contributed by atoms with Gasteiger partial charge in [-0.1, -0.05) is 228 Å². The number of ether oxygens (including phenoxy) is 3. The molecule has 6 heteroatoms. The predicted molar refractivity (Wildman–Crippen MR) is 279 cm³/mol. The van der Waals surface area contributed by atoms with Crippen molar-refractivity contribution in [3.05, 3.63) is 85.1 Å². The molecular weight excluding hydrogens is 805 g/mol. The third-order valence-corrected chi connectivity index (χ3v) is 11.4. The second-order valence-electron chi connectivity index (χ2n) is 17.8. The number of rotatable bonds is 48. The van der Waals surface area contributed by atoms with E-state index >= 15 is 0 Å². The topological polar surface area (TPSA) is 78.9 Å². The summed E-state index contributed by atoms with van der Waals surface area (Å²) in [5.74, 6) is -0.945. The van der Waals surface area contributed by atoms with Crippen LogP contribution in [-0.4, -0.2) is 37.2 Å². The summed E-state index contributed by atoms with van der Waals surface area (Å²) in [6, 6.07) is 0. The molecule has 6 nitrogen and oxygen atoms in total. The Labute approximate surface area is 401 Å². The molecule has 0 fully saturated rings. The van der Waals surface area contributed by atoms with Crippen LogP contribution in [0.15, 0.2) is 85.1 Å². The molecule has 372 valence electrons. The van der Waals surface area contributed by atoms with Crippen LogP contribution in [0.5, 0.6) is 0 Å². The predicted octanol–water partition coefficient (Wildman–Crippen LogP) is 18.0. The summed E-state index contributed by atoms with van der Waals surface area (Å²) in [5.41, 5.74) is 0. The normalized spacial score (nSPS) is 12.7. The monoisotopic (exact) mass is 905 g/mol. The number of unbranched alkanes of at least 4 members (excludes halogenated alkanes) is 23. The lowest BCUT2D eigenvalue weighted by molar-refractivity contribution is -0.167. The van der Waals surface area contributed by atoms with Gasteiger partial charge in [0.15, 0.2) is 6.10 Å². The highest BCUT2D eigenvalue weighted by Crippen LogP contribution is 2.15. The standard InChI is InChI=1S/C59H100O6/c1-4-7-10-13-16-19-22-24-26-28-29-30-31-32-34-35-37-40-43-46-49-52-58(61)64-55-56(54-63-57(60)51-48-45-42-39-21-18-15-12-9-6-3)65-59(62)53-50-47-44-41-38-36-33-27-25-23-20-17-14-11-8-5-2/h7,10,12,15-16,19,24,26,29-30,32,34,37,40,56H,4-6,8-9,11,13-14,17-18,20-23,25,27-28,31,33,35-36,38-39,41-55H2,1-3H3/b10-7-,15-12-,19-16-,26-24-,30-29-,34-32-,40-37-. The van der Waals surface area contributed by atoms with E-state index in [4.69, 9.17) is 14.2 Å². The number of esters is 3. The van der Waals surface area contributed by atoms with Crippen LogP contribution in [-0.2, 0) is 28.6 Å². The summed E-state index contributed by atoms with van der Waals surface area (Å²) in [5, 5.41) is 0. The zero-order chi connectivity index (χ0) is 47.2. The maximum Gasteiger partial charge on any atom is 0.306 e. The van der Waals surface area contributed by atoms with Crippen molar-refractivity contribution in [2.45, 2.75) is 258 Å². The summed E-state index contributed by atoms with van der Waals surface area (Å²) in [6.07, 6.45) is 68.6. The van der Waals surface area contributed by atoms with Crippen molar-refractivity contribution in [2.24, 2.45) is 0 Å². The smallest absolute Gasteiger partial charge is 0.306 e. The van der Waals surface area contributed by atoms with Crippen molar-refractivity contribution < 1.29 is 28.6 Å². The fourth-order valence-corrected chi connectivity index (χ4v) is 7.33. The van der Waals surface area contributed by atoms with E-state index in [-0.39, 0.29) is 31.1 Å². The van der Waals surface area contributed by atoms with Gasteiger partial charge in [-0.2, -0.15) is 0 Å². The summed E-state index contributed by atoms with van der Waals surface area (Å²) >= 11 is 0. The molecule has 65 heavy (non-hydrogen) atoms. The van der Waals surface area contributed by atoms with Gasteiger partial charge in [0.1, 0.15) is 13.2 Å². The van der Waals surface area contributed by atoms with Crippen LogP contribution in [0.25, 0.3) is 0 Å². The second kappa shape index (κ2) is 53.2. The highest BCUT2D eigenvalue weighted by molar-refractivity contribution is 5.71. The first-order valence-electron chi connectivity index (χ1n) is 27.1. The van der Waals surface area contributed by atoms with Crippen molar-refractivity contribution in [3.8, 4) is 0 Å². The van der Waals surface area contributed by atoms with Gasteiger partial charge in [-0.25, -0.2) is 0 Å². The van der Waals surface area contributed by atoms with Crippen LogP contribution in [0.1, 0.15) is 252 Å². The van der Waals surface area contributed by atoms with Crippen LogP contribution < -0.4 is 0 Å². The van der Waals surface area contributed by atoms with Gasteiger partial charge < -0.3 is 14.2 Å². The average Bonchev–Trinajstić information content (AvgIpc) is 3.30. The molecule has 0 aliphatic heterocycles. The Balaban J connectivity index is 4.40. The number of carbonyl (C=O) groups excluding carboxylic acids is 3. The first-order valence-corrected chi connectivity index (χ1v) is 27.1. The summed E-state index contributed by atoms with van der Waals surface area (Å²) in [6.45, 7) is 6.43. The lowest BCUT2D eigenvalue weighted by Gasteiger charge is -2.18. The molecule has 0 aromatic carbocycles. The number of carbonyl (C=O) groups is 3. The lowest BCUT2D eigenvalue weighted by atomic mass is 10.0. The Hall–Kier alpha value is -3.41. The van der Waals surface area contributed by atoms with Crippen molar-refractivity contribution in [3.63, 3.8) is 0 Å². The van der Waals surface area contributed by atoms with Gasteiger partial charge in [0.2, 0.25) is 0 Å². The molecule has 0 aromatic rings. The number of hydrogen-bond donors (Lipinski definition) is 0. The second-order valence-corrected chi connectivity index (χ2v) is 17.8. The number of allylic oxidation sites excluding steroid dienone is 14. The van der Waals surface area contributed by atoms with Gasteiger partial charge in [0.25, 0.3) is 0 Å². The number of hydrogen-bond acceptors (Lipinski definition) is 6. The van der Waals surface area contributed by atoms with Crippen molar-refractivity contribution in [1.29, 1.82) is 0 Å². The van der Waals surface area contributed by atoms with Crippen molar-refractivity contribution >= 4 is 17.9 Å². The zero-order valence-corrected chi connectivity index (χ0v) is 42.5. The van der Waals surface area contributed by atoms with E-state index in [2.05, 4.69) is 106 Å². The highest BCUT2D eigenvalue weighted by atomic mass is 16.6. The summed E-state index contributed by atoms with van der Waals surface area (Å²) in [4.78, 5) is 38.0. The molecule has 0 amide bonds. The van der Waals surface area contributed by atoms with Gasteiger partial charge in [0, 0.05) is 19.3 Å². The highest BCUT2D eigenvalue weighted by Gasteiger charge is 2.19. The van der Waals surface area contributed by atoms with Gasteiger partial charge >= 0.3 is 17.9 Å². The fraction of sp³-hybridized carbons (Fsp3) is 0.712. The molecule has 0 aliphatic rings. The molecule has 0 heterocycles. The molecule has 0 saturated carbocycles. The molecule has 0 radical (unpaired) electrons. The van der Waals surface area contributed by atoms with E-state index in [1.807, 2.05) is 0 Å². The average molecular weight is 905 g/mol. The van der Waals surface area contributed by atoms with E-state index in [1.165, 1.54) is 96.3 Å². The van der Waals surface area contributed by atoms with Crippen LogP contribution in [0.2, 0.25) is 0 Å². The Bertz CT molecular complexity index is 1270. The zero-order valence-electron chi connectivity index (χ0n) is 42.5. The van der Waals surface area contributed by atoms with E-state index in [1.54, 1.807) is 0 Å². The first kappa shape index (κ1) is 61.6. The van der Waals surface area contributed by atoms with Gasteiger partial charge in [-0.15, -0.1) is 0 Å². The molecule has 0 rings (SSSR count). The maximum atomic E-state index is 12.8.